The molecule has 0 radical (unpaired) electrons. The van der Waals surface area contributed by atoms with Crippen molar-refractivity contribution in [2.45, 2.75) is 31.2 Å². The largest absolute Gasteiger partial charge is 0.310 e. The SMILES string of the molecule is CNC1(c2ccc(F)c(Cl)c2)CCCC1. The third kappa shape index (κ3) is 1.88. The van der Waals surface area contributed by atoms with E-state index in [0.29, 0.717) is 0 Å². The van der Waals surface area contributed by atoms with Gasteiger partial charge in [0.1, 0.15) is 5.82 Å². The predicted molar refractivity (Wildman–Crippen MR) is 60.6 cm³/mol. The molecule has 3 heteroatoms. The van der Waals surface area contributed by atoms with Crippen molar-refractivity contribution in [3.8, 4) is 0 Å². The van der Waals surface area contributed by atoms with Crippen LogP contribution in [0.5, 0.6) is 0 Å². The summed E-state index contributed by atoms with van der Waals surface area (Å²) in [6.45, 7) is 0. The lowest BCUT2D eigenvalue weighted by molar-refractivity contribution is 0.372. The molecule has 0 spiro atoms. The monoisotopic (exact) mass is 227 g/mol. The molecule has 1 aliphatic rings. The Balaban J connectivity index is 2.38. The van der Waals surface area contributed by atoms with Crippen molar-refractivity contribution in [2.75, 3.05) is 7.05 Å². The molecular formula is C12H15ClFN. The summed E-state index contributed by atoms with van der Waals surface area (Å²) in [5.41, 5.74) is 1.12. The summed E-state index contributed by atoms with van der Waals surface area (Å²) >= 11 is 5.81. The van der Waals surface area contributed by atoms with Crippen LogP contribution in [0.25, 0.3) is 0 Å². The fraction of sp³-hybridized carbons (Fsp3) is 0.500. The van der Waals surface area contributed by atoms with E-state index in [2.05, 4.69) is 5.32 Å². The van der Waals surface area contributed by atoms with Crippen LogP contribution in [0.1, 0.15) is 31.2 Å². The molecule has 0 unspecified atom stereocenters. The second-order valence-corrected chi connectivity index (χ2v) is 4.58. The van der Waals surface area contributed by atoms with Crippen LogP contribution in [0, 0.1) is 5.82 Å². The van der Waals surface area contributed by atoms with Gasteiger partial charge in [-0.15, -0.1) is 0 Å². The summed E-state index contributed by atoms with van der Waals surface area (Å²) in [6.07, 6.45) is 4.64. The lowest BCUT2D eigenvalue weighted by Crippen LogP contribution is -2.36. The van der Waals surface area contributed by atoms with E-state index in [-0.39, 0.29) is 16.4 Å². The number of hydrogen-bond acceptors (Lipinski definition) is 1. The maximum Gasteiger partial charge on any atom is 0.141 e. The summed E-state index contributed by atoms with van der Waals surface area (Å²) in [5, 5.41) is 3.58. The Morgan fingerprint density at radius 2 is 2.00 bits per heavy atom. The molecule has 1 aromatic rings. The Bertz CT molecular complexity index is 359. The minimum Gasteiger partial charge on any atom is -0.310 e. The average Bonchev–Trinajstić information content (AvgIpc) is 2.72. The molecule has 15 heavy (non-hydrogen) atoms. The average molecular weight is 228 g/mol. The van der Waals surface area contributed by atoms with E-state index in [9.17, 15) is 4.39 Å². The minimum absolute atomic E-state index is 0.0113. The fourth-order valence-electron chi connectivity index (χ4n) is 2.46. The van der Waals surface area contributed by atoms with Crippen LogP contribution >= 0.6 is 11.6 Å². The van der Waals surface area contributed by atoms with Crippen molar-refractivity contribution in [3.63, 3.8) is 0 Å². The molecule has 1 fully saturated rings. The Kier molecular flexibility index (Phi) is 2.98. The van der Waals surface area contributed by atoms with Crippen molar-refractivity contribution in [2.24, 2.45) is 0 Å². The van der Waals surface area contributed by atoms with Crippen LogP contribution in [0.2, 0.25) is 5.02 Å². The Morgan fingerprint density at radius 1 is 1.33 bits per heavy atom. The van der Waals surface area contributed by atoms with Crippen LogP contribution in [0.4, 0.5) is 4.39 Å². The van der Waals surface area contributed by atoms with Gasteiger partial charge in [-0.05, 0) is 37.6 Å². The van der Waals surface area contributed by atoms with E-state index in [1.54, 1.807) is 6.07 Å². The van der Waals surface area contributed by atoms with Gasteiger partial charge in [0.05, 0.1) is 5.02 Å². The Labute approximate surface area is 94.6 Å². The molecule has 0 heterocycles. The van der Waals surface area contributed by atoms with Gasteiger partial charge in [-0.2, -0.15) is 0 Å². The molecule has 0 amide bonds. The summed E-state index contributed by atoms with van der Waals surface area (Å²) in [7, 11) is 1.96. The van der Waals surface area contributed by atoms with E-state index < -0.39 is 0 Å². The van der Waals surface area contributed by atoms with Gasteiger partial charge in [0.15, 0.2) is 0 Å². The van der Waals surface area contributed by atoms with Crippen LogP contribution < -0.4 is 5.32 Å². The zero-order valence-corrected chi connectivity index (χ0v) is 9.57. The normalized spacial score (nSPS) is 19.4. The summed E-state index contributed by atoms with van der Waals surface area (Å²) in [6, 6.07) is 5.04. The molecule has 0 bridgehead atoms. The molecule has 0 aliphatic heterocycles. The molecule has 2 rings (SSSR count). The molecule has 1 N–H and O–H groups in total. The zero-order valence-electron chi connectivity index (χ0n) is 8.82. The number of halogens is 2. The first-order valence-corrected chi connectivity index (χ1v) is 5.70. The third-order valence-corrected chi connectivity index (χ3v) is 3.70. The van der Waals surface area contributed by atoms with Crippen molar-refractivity contribution < 1.29 is 4.39 Å². The van der Waals surface area contributed by atoms with Crippen molar-refractivity contribution >= 4 is 11.6 Å². The molecule has 0 saturated heterocycles. The van der Waals surface area contributed by atoms with Crippen LogP contribution in [0.3, 0.4) is 0 Å². The topological polar surface area (TPSA) is 12.0 Å². The Hall–Kier alpha value is -0.600. The highest BCUT2D eigenvalue weighted by Gasteiger charge is 2.34. The molecule has 1 aromatic carbocycles. The second-order valence-electron chi connectivity index (χ2n) is 4.17. The molecule has 1 aliphatic carbocycles. The highest BCUT2D eigenvalue weighted by Crippen LogP contribution is 2.39. The molecule has 1 nitrogen and oxygen atoms in total. The molecule has 0 aromatic heterocycles. The zero-order chi connectivity index (χ0) is 10.9. The van der Waals surface area contributed by atoms with Gasteiger partial charge in [-0.3, -0.25) is 0 Å². The molecule has 0 atom stereocenters. The van der Waals surface area contributed by atoms with Gasteiger partial charge >= 0.3 is 0 Å². The van der Waals surface area contributed by atoms with E-state index in [1.807, 2.05) is 13.1 Å². The van der Waals surface area contributed by atoms with Crippen LogP contribution in [0.15, 0.2) is 18.2 Å². The smallest absolute Gasteiger partial charge is 0.141 e. The van der Waals surface area contributed by atoms with E-state index in [4.69, 9.17) is 11.6 Å². The summed E-state index contributed by atoms with van der Waals surface area (Å²) in [4.78, 5) is 0. The van der Waals surface area contributed by atoms with Crippen molar-refractivity contribution in [1.29, 1.82) is 0 Å². The lowest BCUT2D eigenvalue weighted by atomic mass is 9.88. The molecular weight excluding hydrogens is 213 g/mol. The fourth-order valence-corrected chi connectivity index (χ4v) is 2.64. The predicted octanol–water partition coefficient (Wildman–Crippen LogP) is 3.47. The lowest BCUT2D eigenvalue weighted by Gasteiger charge is -2.29. The Morgan fingerprint density at radius 3 is 2.53 bits per heavy atom. The van der Waals surface area contributed by atoms with Crippen LogP contribution in [-0.2, 0) is 5.54 Å². The number of benzene rings is 1. The standard InChI is InChI=1S/C12H15ClFN/c1-15-12(6-2-3-7-12)9-4-5-11(14)10(13)8-9/h4-5,8,15H,2-3,6-7H2,1H3. The highest BCUT2D eigenvalue weighted by atomic mass is 35.5. The van der Waals surface area contributed by atoms with Crippen molar-refractivity contribution in [3.05, 3.63) is 34.6 Å². The van der Waals surface area contributed by atoms with E-state index in [0.717, 1.165) is 18.4 Å². The van der Waals surface area contributed by atoms with Gasteiger partial charge in [-0.1, -0.05) is 30.5 Å². The number of rotatable bonds is 2. The van der Waals surface area contributed by atoms with Gasteiger partial charge in [0.2, 0.25) is 0 Å². The molecule has 1 saturated carbocycles. The van der Waals surface area contributed by atoms with E-state index >= 15 is 0 Å². The summed E-state index contributed by atoms with van der Waals surface area (Å²) < 4.78 is 13.1. The third-order valence-electron chi connectivity index (χ3n) is 3.41. The van der Waals surface area contributed by atoms with Gasteiger partial charge in [0.25, 0.3) is 0 Å². The highest BCUT2D eigenvalue weighted by molar-refractivity contribution is 6.30. The van der Waals surface area contributed by atoms with Crippen LogP contribution in [-0.4, -0.2) is 7.05 Å². The quantitative estimate of drug-likeness (QED) is 0.816. The van der Waals surface area contributed by atoms with Crippen molar-refractivity contribution in [1.82, 2.24) is 5.32 Å². The first-order chi connectivity index (χ1) is 7.18. The second kappa shape index (κ2) is 4.11. The number of nitrogens with one attached hydrogen (secondary N) is 1. The molecule has 82 valence electrons. The summed E-state index contributed by atoms with van der Waals surface area (Å²) in [5.74, 6) is -0.343. The van der Waals surface area contributed by atoms with Gasteiger partial charge < -0.3 is 5.32 Å². The maximum atomic E-state index is 13.1. The van der Waals surface area contributed by atoms with E-state index in [1.165, 1.54) is 18.9 Å². The maximum absolute atomic E-state index is 13.1. The van der Waals surface area contributed by atoms with Gasteiger partial charge in [0, 0.05) is 5.54 Å². The van der Waals surface area contributed by atoms with Gasteiger partial charge in [-0.25, -0.2) is 4.39 Å². The first-order valence-electron chi connectivity index (χ1n) is 5.32. The minimum atomic E-state index is -0.343. The first kappa shape index (κ1) is 10.9. The number of hydrogen-bond donors (Lipinski definition) is 1.